The van der Waals surface area contributed by atoms with Gasteiger partial charge in [-0.2, -0.15) is 0 Å². The van der Waals surface area contributed by atoms with Crippen LogP contribution in [0.2, 0.25) is 0 Å². The van der Waals surface area contributed by atoms with Crippen molar-refractivity contribution in [1.29, 1.82) is 0 Å². The Kier molecular flexibility index (Phi) is 9.36. The molecule has 1 atom stereocenters. The second-order valence-corrected chi connectivity index (χ2v) is 12.2. The Hall–Kier alpha value is -3.59. The first kappa shape index (κ1) is 29.9. The number of amides is 3. The van der Waals surface area contributed by atoms with Crippen LogP contribution >= 0.6 is 0 Å². The van der Waals surface area contributed by atoms with Gasteiger partial charge in [0.2, 0.25) is 11.8 Å². The molecule has 9 heteroatoms. The lowest BCUT2D eigenvalue weighted by atomic mass is 9.86. The SMILES string of the molecule is Cc1cc(N(C)C(=O)C2CCC(Oc3cccc(CN4CCCC4=O)c3)CC2)ccc1CN1CCN(C(=O)O)[C@@H](C)C1. The van der Waals surface area contributed by atoms with Crippen molar-refractivity contribution in [3.63, 3.8) is 0 Å². The van der Waals surface area contributed by atoms with Crippen LogP contribution in [0, 0.1) is 12.8 Å². The number of ether oxygens (including phenoxy) is 1. The molecule has 2 aromatic carbocycles. The third-order valence-electron chi connectivity index (χ3n) is 9.16. The average molecular weight is 577 g/mol. The van der Waals surface area contributed by atoms with E-state index in [0.717, 1.165) is 67.8 Å². The van der Waals surface area contributed by atoms with E-state index in [2.05, 4.69) is 24.0 Å². The Morgan fingerprint density at radius 1 is 1.02 bits per heavy atom. The minimum absolute atomic E-state index is 0.0191. The van der Waals surface area contributed by atoms with Crippen molar-refractivity contribution in [2.24, 2.45) is 5.92 Å². The van der Waals surface area contributed by atoms with Gasteiger partial charge in [-0.15, -0.1) is 0 Å². The van der Waals surface area contributed by atoms with Gasteiger partial charge >= 0.3 is 6.09 Å². The molecule has 0 spiro atoms. The number of hydrogen-bond acceptors (Lipinski definition) is 5. The number of carbonyl (C=O) groups is 3. The van der Waals surface area contributed by atoms with E-state index >= 15 is 0 Å². The van der Waals surface area contributed by atoms with Gasteiger partial charge in [-0.05, 0) is 86.9 Å². The maximum Gasteiger partial charge on any atom is 0.407 e. The molecule has 2 saturated heterocycles. The fraction of sp³-hybridized carbons (Fsp3) is 0.545. The Bertz CT molecular complexity index is 1290. The molecule has 42 heavy (non-hydrogen) atoms. The van der Waals surface area contributed by atoms with Crippen LogP contribution in [0.25, 0.3) is 0 Å². The van der Waals surface area contributed by atoms with E-state index in [1.165, 1.54) is 10.5 Å². The second kappa shape index (κ2) is 13.2. The summed E-state index contributed by atoms with van der Waals surface area (Å²) in [6.07, 6.45) is 4.09. The van der Waals surface area contributed by atoms with Crippen molar-refractivity contribution < 1.29 is 24.2 Å². The van der Waals surface area contributed by atoms with E-state index in [1.807, 2.05) is 49.2 Å². The average Bonchev–Trinajstić information content (AvgIpc) is 3.37. The van der Waals surface area contributed by atoms with Crippen molar-refractivity contribution in [1.82, 2.24) is 14.7 Å². The molecule has 0 bridgehead atoms. The predicted octanol–water partition coefficient (Wildman–Crippen LogP) is 4.90. The lowest BCUT2D eigenvalue weighted by Gasteiger charge is -2.38. The summed E-state index contributed by atoms with van der Waals surface area (Å²) in [6.45, 7) is 8.20. The highest BCUT2D eigenvalue weighted by molar-refractivity contribution is 5.94. The normalized spacial score (nSPS) is 23.2. The van der Waals surface area contributed by atoms with Crippen molar-refractivity contribution in [3.05, 3.63) is 59.2 Å². The fourth-order valence-corrected chi connectivity index (χ4v) is 6.60. The van der Waals surface area contributed by atoms with E-state index in [-0.39, 0.29) is 29.9 Å². The highest BCUT2D eigenvalue weighted by Gasteiger charge is 2.31. The molecule has 1 aliphatic carbocycles. The van der Waals surface area contributed by atoms with E-state index in [0.29, 0.717) is 32.6 Å². The molecule has 3 amide bonds. The molecule has 1 N–H and O–H groups in total. The number of nitrogens with zero attached hydrogens (tertiary/aromatic N) is 4. The summed E-state index contributed by atoms with van der Waals surface area (Å²) >= 11 is 0. The Morgan fingerprint density at radius 2 is 1.81 bits per heavy atom. The molecule has 3 fully saturated rings. The molecule has 0 unspecified atom stereocenters. The number of rotatable bonds is 8. The zero-order chi connectivity index (χ0) is 29.8. The highest BCUT2D eigenvalue weighted by Crippen LogP contribution is 2.31. The fourth-order valence-electron chi connectivity index (χ4n) is 6.60. The monoisotopic (exact) mass is 576 g/mol. The predicted molar refractivity (Wildman–Crippen MR) is 162 cm³/mol. The number of hydrogen-bond donors (Lipinski definition) is 1. The van der Waals surface area contributed by atoms with Gasteiger partial charge in [0.05, 0.1) is 6.10 Å². The number of likely N-dealkylation sites (tertiary alicyclic amines) is 1. The lowest BCUT2D eigenvalue weighted by Crippen LogP contribution is -2.53. The number of carbonyl (C=O) groups excluding carboxylic acids is 2. The van der Waals surface area contributed by atoms with Crippen LogP contribution < -0.4 is 9.64 Å². The Morgan fingerprint density at radius 3 is 2.48 bits per heavy atom. The summed E-state index contributed by atoms with van der Waals surface area (Å²) in [5.41, 5.74) is 4.32. The molecule has 1 saturated carbocycles. The Labute approximate surface area is 249 Å². The van der Waals surface area contributed by atoms with Crippen LogP contribution in [0.5, 0.6) is 5.75 Å². The number of anilines is 1. The van der Waals surface area contributed by atoms with Crippen LogP contribution in [0.4, 0.5) is 10.5 Å². The smallest absolute Gasteiger partial charge is 0.407 e. The van der Waals surface area contributed by atoms with Crippen LogP contribution in [0.1, 0.15) is 62.1 Å². The molecule has 2 aromatic rings. The molecule has 2 aliphatic heterocycles. The van der Waals surface area contributed by atoms with Gasteiger partial charge in [-0.3, -0.25) is 14.5 Å². The number of carboxylic acid groups (broad SMARTS) is 1. The van der Waals surface area contributed by atoms with Crippen molar-refractivity contribution >= 4 is 23.6 Å². The zero-order valence-electron chi connectivity index (χ0n) is 25.1. The third kappa shape index (κ3) is 7.06. The molecule has 0 aromatic heterocycles. The number of piperazine rings is 1. The third-order valence-corrected chi connectivity index (χ3v) is 9.16. The van der Waals surface area contributed by atoms with Gasteiger partial charge in [0, 0.05) is 70.4 Å². The molecular formula is C33H44N4O5. The van der Waals surface area contributed by atoms with Crippen LogP contribution in [-0.2, 0) is 22.7 Å². The summed E-state index contributed by atoms with van der Waals surface area (Å²) in [4.78, 5) is 44.3. The minimum atomic E-state index is -0.853. The highest BCUT2D eigenvalue weighted by atomic mass is 16.5. The topological polar surface area (TPSA) is 93.6 Å². The van der Waals surface area contributed by atoms with Gasteiger partial charge in [0.15, 0.2) is 0 Å². The molecular weight excluding hydrogens is 532 g/mol. The van der Waals surface area contributed by atoms with E-state index < -0.39 is 6.09 Å². The molecule has 2 heterocycles. The van der Waals surface area contributed by atoms with Crippen molar-refractivity contribution in [2.75, 3.05) is 38.1 Å². The van der Waals surface area contributed by atoms with E-state index in [1.54, 1.807) is 4.90 Å². The molecule has 3 aliphatic rings. The van der Waals surface area contributed by atoms with E-state index in [9.17, 15) is 19.5 Å². The maximum absolute atomic E-state index is 13.4. The quantitative estimate of drug-likeness (QED) is 0.481. The zero-order valence-corrected chi connectivity index (χ0v) is 25.1. The first-order valence-corrected chi connectivity index (χ1v) is 15.3. The standard InChI is InChI=1S/C33H44N4O5/c1-23-18-28(12-9-27(23)22-35-16-17-37(33(40)41)24(2)20-35)34(3)32(39)26-10-13-29(14-11-26)42-30-7-4-6-25(19-30)21-36-15-5-8-31(36)38/h4,6-7,9,12,18-19,24,26,29H,5,8,10-11,13-17,20-22H2,1-3H3,(H,40,41)/t24-,26?,29?/m0/s1. The minimum Gasteiger partial charge on any atom is -0.490 e. The summed E-state index contributed by atoms with van der Waals surface area (Å²) in [7, 11) is 1.86. The maximum atomic E-state index is 13.4. The van der Waals surface area contributed by atoms with Gasteiger partial charge < -0.3 is 24.5 Å². The van der Waals surface area contributed by atoms with Gasteiger partial charge in [-0.1, -0.05) is 18.2 Å². The van der Waals surface area contributed by atoms with Crippen LogP contribution in [-0.4, -0.2) is 83.1 Å². The van der Waals surface area contributed by atoms with E-state index in [4.69, 9.17) is 4.74 Å². The lowest BCUT2D eigenvalue weighted by molar-refractivity contribution is -0.128. The molecule has 226 valence electrons. The van der Waals surface area contributed by atoms with Crippen LogP contribution in [0.3, 0.4) is 0 Å². The number of aryl methyl sites for hydroxylation is 1. The van der Waals surface area contributed by atoms with Gasteiger partial charge in [0.1, 0.15) is 5.75 Å². The van der Waals surface area contributed by atoms with Crippen molar-refractivity contribution in [3.8, 4) is 5.75 Å². The van der Waals surface area contributed by atoms with Gasteiger partial charge in [0.25, 0.3) is 0 Å². The van der Waals surface area contributed by atoms with Gasteiger partial charge in [-0.25, -0.2) is 4.79 Å². The summed E-state index contributed by atoms with van der Waals surface area (Å²) in [5, 5.41) is 9.34. The summed E-state index contributed by atoms with van der Waals surface area (Å²) < 4.78 is 6.31. The Balaban J connectivity index is 1.10. The van der Waals surface area contributed by atoms with Crippen LogP contribution in [0.15, 0.2) is 42.5 Å². The largest absolute Gasteiger partial charge is 0.490 e. The first-order chi connectivity index (χ1) is 20.2. The molecule has 5 rings (SSSR count). The summed E-state index contributed by atoms with van der Waals surface area (Å²) in [5.74, 6) is 1.19. The number of benzene rings is 2. The second-order valence-electron chi connectivity index (χ2n) is 12.2. The molecule has 0 radical (unpaired) electrons. The van der Waals surface area contributed by atoms with Crippen molar-refractivity contribution in [2.45, 2.75) is 77.6 Å². The first-order valence-electron chi connectivity index (χ1n) is 15.3. The molecule has 9 nitrogen and oxygen atoms in total. The summed E-state index contributed by atoms with van der Waals surface area (Å²) in [6, 6.07) is 14.2.